The van der Waals surface area contributed by atoms with E-state index < -0.39 is 11.4 Å². The monoisotopic (exact) mass is 354 g/mol. The molecule has 0 saturated heterocycles. The first-order valence-electron chi connectivity index (χ1n) is 8.59. The second-order valence-corrected chi connectivity index (χ2v) is 6.40. The molecule has 1 aliphatic rings. The fourth-order valence-corrected chi connectivity index (χ4v) is 3.34. The molecule has 1 fully saturated rings. The summed E-state index contributed by atoms with van der Waals surface area (Å²) in [5, 5.41) is 27.6. The molecule has 0 atom stereocenters. The van der Waals surface area contributed by atoms with Gasteiger partial charge in [0.05, 0.1) is 0 Å². The molecule has 134 valence electrons. The smallest absolute Gasteiger partial charge is 0.281 e. The number of azo groups is 1. The highest BCUT2D eigenvalue weighted by Crippen LogP contribution is 2.34. The lowest BCUT2D eigenvalue weighted by Crippen LogP contribution is -2.27. The Labute approximate surface area is 150 Å². The molecule has 1 aromatic carbocycles. The van der Waals surface area contributed by atoms with Crippen molar-refractivity contribution in [3.63, 3.8) is 0 Å². The van der Waals surface area contributed by atoms with Crippen molar-refractivity contribution in [2.75, 3.05) is 0 Å². The highest BCUT2D eigenvalue weighted by Gasteiger charge is 2.25. The summed E-state index contributed by atoms with van der Waals surface area (Å²) in [6.45, 7) is 1.53. The molecule has 0 amide bonds. The van der Waals surface area contributed by atoms with Crippen LogP contribution in [0.1, 0.15) is 49.3 Å². The van der Waals surface area contributed by atoms with Crippen LogP contribution < -0.4 is 5.56 Å². The minimum atomic E-state index is -0.555. The van der Waals surface area contributed by atoms with Gasteiger partial charge in [-0.3, -0.25) is 9.36 Å². The summed E-state index contributed by atoms with van der Waals surface area (Å²) in [4.78, 5) is 12.9. The standard InChI is InChI=1S/C19H19FN4O2/c1-12-14(11-21)18(25)24(13-7-3-2-4-8-13)19(26)17(12)23-22-16-10-6-5-9-15(16)20/h5-6,9-10,13,25H,2-4,7-8H2,1H3. The Kier molecular flexibility index (Phi) is 5.12. The van der Waals surface area contributed by atoms with Crippen LogP contribution in [0.5, 0.6) is 5.88 Å². The van der Waals surface area contributed by atoms with Crippen LogP contribution >= 0.6 is 0 Å². The van der Waals surface area contributed by atoms with Crippen molar-refractivity contribution in [3.05, 3.63) is 51.6 Å². The van der Waals surface area contributed by atoms with Crippen molar-refractivity contribution in [1.82, 2.24) is 4.57 Å². The molecule has 0 bridgehead atoms. The van der Waals surface area contributed by atoms with E-state index in [1.165, 1.54) is 29.7 Å². The Balaban J connectivity index is 2.14. The highest BCUT2D eigenvalue weighted by molar-refractivity contribution is 5.57. The van der Waals surface area contributed by atoms with Crippen LogP contribution in [0.3, 0.4) is 0 Å². The number of rotatable bonds is 3. The first kappa shape index (κ1) is 17.8. The van der Waals surface area contributed by atoms with E-state index in [1.807, 2.05) is 6.07 Å². The number of aromatic hydroxyl groups is 1. The molecule has 3 rings (SSSR count). The van der Waals surface area contributed by atoms with Gasteiger partial charge in [-0.2, -0.15) is 5.26 Å². The van der Waals surface area contributed by atoms with Gasteiger partial charge < -0.3 is 5.11 Å². The Morgan fingerprint density at radius 2 is 1.92 bits per heavy atom. The van der Waals surface area contributed by atoms with Crippen molar-refractivity contribution >= 4 is 11.4 Å². The average molecular weight is 354 g/mol. The molecule has 6 nitrogen and oxygen atoms in total. The number of benzene rings is 1. The summed E-state index contributed by atoms with van der Waals surface area (Å²) in [5.74, 6) is -0.882. The molecule has 7 heteroatoms. The topological polar surface area (TPSA) is 90.7 Å². The minimum Gasteiger partial charge on any atom is -0.493 e. The summed E-state index contributed by atoms with van der Waals surface area (Å²) in [5.41, 5.74) is -0.318. The van der Waals surface area contributed by atoms with Gasteiger partial charge in [0.1, 0.15) is 17.3 Å². The first-order valence-corrected chi connectivity index (χ1v) is 8.59. The van der Waals surface area contributed by atoms with Crippen LogP contribution in [0.2, 0.25) is 0 Å². The maximum absolute atomic E-state index is 13.7. The Bertz CT molecular complexity index is 953. The van der Waals surface area contributed by atoms with E-state index in [9.17, 15) is 19.6 Å². The highest BCUT2D eigenvalue weighted by atomic mass is 19.1. The molecule has 1 heterocycles. The normalized spacial score (nSPS) is 15.3. The van der Waals surface area contributed by atoms with Crippen LogP contribution in [0, 0.1) is 24.1 Å². The lowest BCUT2D eigenvalue weighted by molar-refractivity contribution is 0.303. The van der Waals surface area contributed by atoms with Gasteiger partial charge in [-0.1, -0.05) is 31.4 Å². The first-order chi connectivity index (χ1) is 12.5. The summed E-state index contributed by atoms with van der Waals surface area (Å²) in [7, 11) is 0. The van der Waals surface area contributed by atoms with Gasteiger partial charge in [-0.05, 0) is 31.9 Å². The summed E-state index contributed by atoms with van der Waals surface area (Å²) in [6.07, 6.45) is 4.51. The third-order valence-corrected chi connectivity index (χ3v) is 4.77. The zero-order valence-corrected chi connectivity index (χ0v) is 14.4. The van der Waals surface area contributed by atoms with Crippen LogP contribution in [0.4, 0.5) is 15.8 Å². The van der Waals surface area contributed by atoms with E-state index in [2.05, 4.69) is 10.2 Å². The van der Waals surface area contributed by atoms with E-state index in [0.29, 0.717) is 0 Å². The number of aromatic nitrogens is 1. The van der Waals surface area contributed by atoms with Gasteiger partial charge in [0, 0.05) is 11.6 Å². The molecule has 0 unspecified atom stereocenters. The molecule has 0 radical (unpaired) electrons. The maximum atomic E-state index is 13.7. The second kappa shape index (κ2) is 7.48. The fraction of sp³-hybridized carbons (Fsp3) is 0.368. The minimum absolute atomic E-state index is 0.00194. The number of hydrogen-bond acceptors (Lipinski definition) is 5. The summed E-state index contributed by atoms with van der Waals surface area (Å²) >= 11 is 0. The van der Waals surface area contributed by atoms with Crippen molar-refractivity contribution in [2.45, 2.75) is 45.1 Å². The van der Waals surface area contributed by atoms with Crippen molar-refractivity contribution < 1.29 is 9.50 Å². The summed E-state index contributed by atoms with van der Waals surface area (Å²) in [6, 6.07) is 7.60. The third-order valence-electron chi connectivity index (χ3n) is 4.77. The van der Waals surface area contributed by atoms with Crippen molar-refractivity contribution in [3.8, 4) is 11.9 Å². The number of hydrogen-bond donors (Lipinski definition) is 1. The maximum Gasteiger partial charge on any atom is 0.281 e. The van der Waals surface area contributed by atoms with Crippen molar-refractivity contribution in [2.24, 2.45) is 10.2 Å². The van der Waals surface area contributed by atoms with Gasteiger partial charge in [0.25, 0.3) is 5.56 Å². The van der Waals surface area contributed by atoms with Crippen LogP contribution in [-0.2, 0) is 0 Å². The third kappa shape index (κ3) is 3.23. The van der Waals surface area contributed by atoms with Gasteiger partial charge in [-0.25, -0.2) is 4.39 Å². The predicted octanol–water partition coefficient (Wildman–Crippen LogP) is 4.79. The van der Waals surface area contributed by atoms with E-state index >= 15 is 0 Å². The summed E-state index contributed by atoms with van der Waals surface area (Å²) < 4.78 is 15.0. The molecule has 0 aliphatic heterocycles. The lowest BCUT2D eigenvalue weighted by Gasteiger charge is -2.25. The number of pyridine rings is 1. The van der Waals surface area contributed by atoms with E-state index in [-0.39, 0.29) is 34.4 Å². The molecule has 0 spiro atoms. The molecular weight excluding hydrogens is 335 g/mol. The molecule has 1 saturated carbocycles. The Morgan fingerprint density at radius 1 is 1.23 bits per heavy atom. The van der Waals surface area contributed by atoms with Gasteiger partial charge in [0.15, 0.2) is 11.5 Å². The van der Waals surface area contributed by atoms with Gasteiger partial charge in [0.2, 0.25) is 5.88 Å². The molecule has 1 aliphatic carbocycles. The number of nitriles is 1. The fourth-order valence-electron chi connectivity index (χ4n) is 3.34. The Hall–Kier alpha value is -3.01. The van der Waals surface area contributed by atoms with E-state index in [1.54, 1.807) is 6.07 Å². The van der Waals surface area contributed by atoms with E-state index in [0.717, 1.165) is 32.1 Å². The molecular formula is C19H19FN4O2. The van der Waals surface area contributed by atoms with Crippen molar-refractivity contribution in [1.29, 1.82) is 5.26 Å². The zero-order chi connectivity index (χ0) is 18.7. The molecule has 1 N–H and O–H groups in total. The largest absolute Gasteiger partial charge is 0.493 e. The second-order valence-electron chi connectivity index (χ2n) is 6.40. The van der Waals surface area contributed by atoms with E-state index in [4.69, 9.17) is 0 Å². The number of nitrogens with zero attached hydrogens (tertiary/aromatic N) is 4. The zero-order valence-electron chi connectivity index (χ0n) is 14.4. The Morgan fingerprint density at radius 3 is 2.58 bits per heavy atom. The lowest BCUT2D eigenvalue weighted by atomic mass is 9.94. The van der Waals surface area contributed by atoms with Crippen LogP contribution in [0.25, 0.3) is 0 Å². The van der Waals surface area contributed by atoms with Gasteiger partial charge in [-0.15, -0.1) is 10.2 Å². The van der Waals surface area contributed by atoms with Crippen LogP contribution in [-0.4, -0.2) is 9.67 Å². The van der Waals surface area contributed by atoms with Gasteiger partial charge >= 0.3 is 0 Å². The average Bonchev–Trinajstić information content (AvgIpc) is 2.64. The molecule has 26 heavy (non-hydrogen) atoms. The number of halogens is 1. The molecule has 1 aromatic heterocycles. The molecule has 2 aromatic rings. The van der Waals surface area contributed by atoms with Crippen LogP contribution in [0.15, 0.2) is 39.3 Å². The SMILES string of the molecule is Cc1c(C#N)c(O)n(C2CCCCC2)c(=O)c1N=Nc1ccccc1F. The quantitative estimate of drug-likeness (QED) is 0.803. The predicted molar refractivity (Wildman–Crippen MR) is 94.5 cm³/mol.